The van der Waals surface area contributed by atoms with Crippen LogP contribution in [0.3, 0.4) is 0 Å². The summed E-state index contributed by atoms with van der Waals surface area (Å²) in [5.74, 6) is 2.36. The summed E-state index contributed by atoms with van der Waals surface area (Å²) in [6, 6.07) is 4.04. The molecule has 0 bridgehead atoms. The van der Waals surface area contributed by atoms with Crippen molar-refractivity contribution in [3.8, 4) is 11.5 Å². The van der Waals surface area contributed by atoms with Crippen molar-refractivity contribution in [1.82, 2.24) is 14.8 Å². The van der Waals surface area contributed by atoms with Crippen LogP contribution in [0.25, 0.3) is 0 Å². The van der Waals surface area contributed by atoms with Crippen molar-refractivity contribution in [2.75, 3.05) is 6.61 Å². The highest BCUT2D eigenvalue weighted by Crippen LogP contribution is 2.37. The van der Waals surface area contributed by atoms with E-state index in [2.05, 4.69) is 24.0 Å². The Morgan fingerprint density at radius 3 is 2.65 bits per heavy atom. The molecule has 0 saturated carbocycles. The maximum absolute atomic E-state index is 6.10. The number of nitrogens with one attached hydrogen (secondary N) is 1. The summed E-state index contributed by atoms with van der Waals surface area (Å²) in [7, 11) is 1.89. The van der Waals surface area contributed by atoms with Crippen molar-refractivity contribution in [1.29, 1.82) is 0 Å². The quantitative estimate of drug-likeness (QED) is 0.821. The van der Waals surface area contributed by atoms with Crippen molar-refractivity contribution in [2.24, 2.45) is 7.05 Å². The van der Waals surface area contributed by atoms with Crippen molar-refractivity contribution < 1.29 is 9.47 Å². The van der Waals surface area contributed by atoms with E-state index in [0.717, 1.165) is 23.7 Å². The molecule has 0 radical (unpaired) electrons. The number of aromatic amines is 1. The largest absolute Gasteiger partial charge is 0.490 e. The zero-order chi connectivity index (χ0) is 14.3. The van der Waals surface area contributed by atoms with Crippen LogP contribution >= 0.6 is 12.2 Å². The smallest absolute Gasteiger partial charge is 0.195 e. The fourth-order valence-corrected chi connectivity index (χ4v) is 2.42. The van der Waals surface area contributed by atoms with Crippen molar-refractivity contribution >= 4 is 12.2 Å². The molecule has 1 atom stereocenters. The summed E-state index contributed by atoms with van der Waals surface area (Å²) in [6.45, 7) is 4.73. The number of hydrogen-bond donors (Lipinski definition) is 1. The lowest BCUT2D eigenvalue weighted by atomic mass is 10.1. The molecule has 0 spiro atoms. The topological polar surface area (TPSA) is 52.1 Å². The Morgan fingerprint density at radius 2 is 2.00 bits per heavy atom. The normalized spacial score (nSPS) is 17.9. The maximum Gasteiger partial charge on any atom is 0.195 e. The molecular weight excluding hydrogens is 274 g/mol. The summed E-state index contributed by atoms with van der Waals surface area (Å²) in [5, 5.41) is 7.05. The number of ether oxygens (including phenoxy) is 2. The van der Waals surface area contributed by atoms with E-state index < -0.39 is 0 Å². The molecule has 0 saturated heterocycles. The van der Waals surface area contributed by atoms with E-state index in [1.165, 1.54) is 11.1 Å². The zero-order valence-electron chi connectivity index (χ0n) is 11.8. The molecule has 20 heavy (non-hydrogen) atoms. The Labute approximate surface area is 122 Å². The number of aromatic nitrogens is 3. The van der Waals surface area contributed by atoms with Crippen LogP contribution in [0.2, 0.25) is 0 Å². The monoisotopic (exact) mass is 291 g/mol. The summed E-state index contributed by atoms with van der Waals surface area (Å²) in [5.41, 5.74) is 2.38. The van der Waals surface area contributed by atoms with Crippen LogP contribution < -0.4 is 9.47 Å². The van der Waals surface area contributed by atoms with Gasteiger partial charge in [0.05, 0.1) is 6.61 Å². The van der Waals surface area contributed by atoms with Crippen LogP contribution in [0.5, 0.6) is 11.5 Å². The van der Waals surface area contributed by atoms with Gasteiger partial charge in [0.15, 0.2) is 28.2 Å². The van der Waals surface area contributed by atoms with Gasteiger partial charge >= 0.3 is 0 Å². The Morgan fingerprint density at radius 1 is 1.30 bits per heavy atom. The average Bonchev–Trinajstić information content (AvgIpc) is 2.62. The fourth-order valence-electron chi connectivity index (χ4n) is 2.29. The van der Waals surface area contributed by atoms with E-state index in [0.29, 0.717) is 11.4 Å². The lowest BCUT2D eigenvalue weighted by molar-refractivity contribution is 0.181. The predicted molar refractivity (Wildman–Crippen MR) is 77.8 cm³/mol. The molecule has 1 unspecified atom stereocenters. The second-order valence-corrected chi connectivity index (χ2v) is 5.46. The Bertz CT molecular complexity index is 705. The molecule has 2 aromatic rings. The van der Waals surface area contributed by atoms with E-state index >= 15 is 0 Å². The predicted octanol–water partition coefficient (Wildman–Crippen LogP) is 3.00. The maximum atomic E-state index is 6.10. The second-order valence-electron chi connectivity index (χ2n) is 5.07. The third-order valence-electron chi connectivity index (χ3n) is 3.67. The molecule has 6 heteroatoms. The Hall–Kier alpha value is -1.82. The molecule has 5 nitrogen and oxygen atoms in total. The van der Waals surface area contributed by atoms with Gasteiger partial charge in [0, 0.05) is 13.5 Å². The highest BCUT2D eigenvalue weighted by Gasteiger charge is 2.24. The summed E-state index contributed by atoms with van der Waals surface area (Å²) >= 11 is 5.15. The van der Waals surface area contributed by atoms with Gasteiger partial charge in [-0.3, -0.25) is 5.10 Å². The van der Waals surface area contributed by atoms with Gasteiger partial charge in [-0.15, -0.1) is 0 Å². The lowest BCUT2D eigenvalue weighted by Gasteiger charge is -2.16. The van der Waals surface area contributed by atoms with E-state index in [4.69, 9.17) is 21.7 Å². The van der Waals surface area contributed by atoms with Crippen molar-refractivity contribution in [2.45, 2.75) is 26.4 Å². The van der Waals surface area contributed by atoms with Crippen LogP contribution in [0.1, 0.15) is 29.5 Å². The third kappa shape index (κ3) is 2.20. The minimum absolute atomic E-state index is 0.156. The number of fused-ring (bicyclic) bond motifs is 1. The van der Waals surface area contributed by atoms with Gasteiger partial charge in [0.1, 0.15) is 0 Å². The fraction of sp³-hybridized carbons (Fsp3) is 0.429. The van der Waals surface area contributed by atoms with E-state index in [9.17, 15) is 0 Å². The van der Waals surface area contributed by atoms with Crippen LogP contribution in [0.15, 0.2) is 12.1 Å². The van der Waals surface area contributed by atoms with Crippen LogP contribution in [-0.2, 0) is 7.05 Å². The van der Waals surface area contributed by atoms with E-state index in [-0.39, 0.29) is 6.10 Å². The van der Waals surface area contributed by atoms with Gasteiger partial charge < -0.3 is 14.0 Å². The molecule has 1 aromatic heterocycles. The number of nitrogens with zero attached hydrogens (tertiary/aromatic N) is 2. The summed E-state index contributed by atoms with van der Waals surface area (Å²) in [4.78, 5) is 0. The number of hydrogen-bond acceptors (Lipinski definition) is 4. The number of benzene rings is 1. The molecule has 0 amide bonds. The Kier molecular flexibility index (Phi) is 3.25. The minimum atomic E-state index is -0.156. The molecular formula is C14H17N3O2S. The molecule has 1 aliphatic rings. The van der Waals surface area contributed by atoms with Gasteiger partial charge in [-0.2, -0.15) is 5.10 Å². The van der Waals surface area contributed by atoms with Crippen molar-refractivity contribution in [3.63, 3.8) is 0 Å². The first-order valence-corrected chi connectivity index (χ1v) is 6.99. The van der Waals surface area contributed by atoms with Gasteiger partial charge in [0.2, 0.25) is 0 Å². The summed E-state index contributed by atoms with van der Waals surface area (Å²) < 4.78 is 14.3. The molecule has 2 heterocycles. The molecule has 1 aromatic carbocycles. The van der Waals surface area contributed by atoms with Gasteiger partial charge in [0.25, 0.3) is 0 Å². The SMILES string of the molecule is Cc1cc2c(cc1C)OC(c1n[nH]c(=S)n1C)CCO2. The minimum Gasteiger partial charge on any atom is -0.490 e. The molecule has 0 aliphatic carbocycles. The molecule has 106 valence electrons. The zero-order valence-corrected chi connectivity index (χ0v) is 12.6. The van der Waals surface area contributed by atoms with E-state index in [1.807, 2.05) is 23.7 Å². The van der Waals surface area contributed by atoms with Crippen LogP contribution in [0, 0.1) is 18.6 Å². The van der Waals surface area contributed by atoms with Gasteiger partial charge in [-0.1, -0.05) is 0 Å². The molecule has 0 fully saturated rings. The van der Waals surface area contributed by atoms with Crippen molar-refractivity contribution in [3.05, 3.63) is 33.9 Å². The summed E-state index contributed by atoms with van der Waals surface area (Å²) in [6.07, 6.45) is 0.580. The first-order chi connectivity index (χ1) is 9.56. The van der Waals surface area contributed by atoms with Gasteiger partial charge in [-0.05, 0) is 49.3 Å². The molecule has 3 rings (SSSR count). The highest BCUT2D eigenvalue weighted by molar-refractivity contribution is 7.71. The standard InChI is InChI=1S/C14H17N3O2S/c1-8-6-11-12(7-9(8)2)19-10(4-5-18-11)13-15-16-14(20)17(13)3/h6-7,10H,4-5H2,1-3H3,(H,16,20). The number of rotatable bonds is 1. The van der Waals surface area contributed by atoms with Crippen LogP contribution in [0.4, 0.5) is 0 Å². The average molecular weight is 291 g/mol. The second kappa shape index (κ2) is 4.94. The number of H-pyrrole nitrogens is 1. The Balaban J connectivity index is 1.99. The van der Waals surface area contributed by atoms with Gasteiger partial charge in [-0.25, -0.2) is 0 Å². The first-order valence-electron chi connectivity index (χ1n) is 6.58. The molecule has 1 N–H and O–H groups in total. The first kappa shape index (κ1) is 13.2. The number of aryl methyl sites for hydroxylation is 2. The molecule has 1 aliphatic heterocycles. The highest BCUT2D eigenvalue weighted by atomic mass is 32.1. The van der Waals surface area contributed by atoms with Crippen LogP contribution in [-0.4, -0.2) is 21.4 Å². The van der Waals surface area contributed by atoms with E-state index in [1.54, 1.807) is 0 Å². The lowest BCUT2D eigenvalue weighted by Crippen LogP contribution is -2.13. The third-order valence-corrected chi connectivity index (χ3v) is 4.03.